The number of carbonyl (C=O) groups excluding carboxylic acids is 1. The molecule has 0 saturated carbocycles. The molecule has 0 unspecified atom stereocenters. The Morgan fingerprint density at radius 1 is 1.41 bits per heavy atom. The molecule has 1 atom stereocenters. The SMILES string of the molecule is Cc1cn[nH]c1[C@@H]1CCCN(C(=O)c2cc3c(s2)CCC3)C1. The number of fused-ring (bicyclic) bond motifs is 1. The number of aromatic amines is 1. The van der Waals surface area contributed by atoms with Crippen molar-refractivity contribution in [2.24, 2.45) is 0 Å². The Balaban J connectivity index is 1.52. The lowest BCUT2D eigenvalue weighted by Gasteiger charge is -2.32. The Morgan fingerprint density at radius 2 is 2.32 bits per heavy atom. The van der Waals surface area contributed by atoms with E-state index in [1.54, 1.807) is 11.3 Å². The molecule has 2 aliphatic rings. The van der Waals surface area contributed by atoms with Gasteiger partial charge in [-0.25, -0.2) is 0 Å². The Morgan fingerprint density at radius 3 is 3.09 bits per heavy atom. The summed E-state index contributed by atoms with van der Waals surface area (Å²) in [5.74, 6) is 0.619. The number of hydrogen-bond donors (Lipinski definition) is 1. The van der Waals surface area contributed by atoms with E-state index in [0.29, 0.717) is 5.92 Å². The summed E-state index contributed by atoms with van der Waals surface area (Å²) >= 11 is 1.71. The highest BCUT2D eigenvalue weighted by atomic mass is 32.1. The number of likely N-dealkylation sites (tertiary alicyclic amines) is 1. The van der Waals surface area contributed by atoms with Crippen LogP contribution in [0.2, 0.25) is 0 Å². The van der Waals surface area contributed by atoms with Gasteiger partial charge in [-0.1, -0.05) is 0 Å². The van der Waals surface area contributed by atoms with Crippen LogP contribution in [0.25, 0.3) is 0 Å². The average molecular weight is 315 g/mol. The minimum absolute atomic E-state index is 0.223. The van der Waals surface area contributed by atoms with Gasteiger partial charge in [0.25, 0.3) is 5.91 Å². The van der Waals surface area contributed by atoms with Gasteiger partial charge >= 0.3 is 0 Å². The number of nitrogens with one attached hydrogen (secondary N) is 1. The van der Waals surface area contributed by atoms with Crippen molar-refractivity contribution in [3.63, 3.8) is 0 Å². The topological polar surface area (TPSA) is 49.0 Å². The van der Waals surface area contributed by atoms with E-state index >= 15 is 0 Å². The Labute approximate surface area is 134 Å². The maximum atomic E-state index is 12.8. The summed E-state index contributed by atoms with van der Waals surface area (Å²) in [6.45, 7) is 3.78. The van der Waals surface area contributed by atoms with Gasteiger partial charge in [-0.05, 0) is 56.2 Å². The van der Waals surface area contributed by atoms with E-state index in [1.807, 2.05) is 11.1 Å². The number of H-pyrrole nitrogens is 1. The summed E-state index contributed by atoms with van der Waals surface area (Å²) in [4.78, 5) is 17.2. The summed E-state index contributed by atoms with van der Waals surface area (Å²) in [6, 6.07) is 2.14. The van der Waals surface area contributed by atoms with E-state index in [-0.39, 0.29) is 5.91 Å². The van der Waals surface area contributed by atoms with Crippen LogP contribution >= 0.6 is 11.3 Å². The molecule has 1 N–H and O–H groups in total. The summed E-state index contributed by atoms with van der Waals surface area (Å²) < 4.78 is 0. The molecule has 1 aliphatic carbocycles. The lowest BCUT2D eigenvalue weighted by Crippen LogP contribution is -2.39. The zero-order valence-corrected chi connectivity index (χ0v) is 13.7. The van der Waals surface area contributed by atoms with E-state index in [2.05, 4.69) is 23.2 Å². The normalized spacial score (nSPS) is 21.1. The van der Waals surface area contributed by atoms with E-state index in [1.165, 1.54) is 28.1 Å². The lowest BCUT2D eigenvalue weighted by molar-refractivity contribution is 0.0710. The summed E-state index contributed by atoms with van der Waals surface area (Å²) in [6.07, 6.45) is 7.63. The summed E-state index contributed by atoms with van der Waals surface area (Å²) in [5.41, 5.74) is 3.81. The first-order valence-corrected chi connectivity index (χ1v) is 8.95. The molecule has 1 amide bonds. The molecule has 22 heavy (non-hydrogen) atoms. The molecule has 1 saturated heterocycles. The maximum Gasteiger partial charge on any atom is 0.263 e. The van der Waals surface area contributed by atoms with Gasteiger partial charge < -0.3 is 4.90 Å². The third-order valence-electron chi connectivity index (χ3n) is 4.94. The zero-order valence-electron chi connectivity index (χ0n) is 12.9. The standard InChI is InChI=1S/C17H21N3OS/c1-11-9-18-19-16(11)13-5-3-7-20(10-13)17(21)15-8-12-4-2-6-14(12)22-15/h8-9,13H,2-7,10H2,1H3,(H,18,19)/t13-/m1/s1. The lowest BCUT2D eigenvalue weighted by atomic mass is 9.93. The number of amides is 1. The van der Waals surface area contributed by atoms with Crippen molar-refractivity contribution in [2.75, 3.05) is 13.1 Å². The van der Waals surface area contributed by atoms with Crippen molar-refractivity contribution in [3.8, 4) is 0 Å². The third kappa shape index (κ3) is 2.37. The largest absolute Gasteiger partial charge is 0.337 e. The predicted octanol–water partition coefficient (Wildman–Crippen LogP) is 3.29. The van der Waals surface area contributed by atoms with E-state index in [4.69, 9.17) is 0 Å². The number of rotatable bonds is 2. The van der Waals surface area contributed by atoms with E-state index in [9.17, 15) is 4.79 Å². The van der Waals surface area contributed by atoms with Crippen LogP contribution in [-0.4, -0.2) is 34.1 Å². The Kier molecular flexibility index (Phi) is 3.53. The monoisotopic (exact) mass is 315 g/mol. The van der Waals surface area contributed by atoms with Gasteiger partial charge in [-0.3, -0.25) is 9.89 Å². The van der Waals surface area contributed by atoms with Crippen molar-refractivity contribution in [2.45, 2.75) is 44.9 Å². The Hall–Kier alpha value is -1.62. The predicted molar refractivity (Wildman–Crippen MR) is 87.5 cm³/mol. The van der Waals surface area contributed by atoms with Crippen LogP contribution in [0.1, 0.15) is 56.6 Å². The number of piperidine rings is 1. The van der Waals surface area contributed by atoms with Crippen LogP contribution in [0.5, 0.6) is 0 Å². The molecule has 3 heterocycles. The molecule has 4 nitrogen and oxygen atoms in total. The van der Waals surface area contributed by atoms with Crippen LogP contribution in [-0.2, 0) is 12.8 Å². The number of thiophene rings is 1. The van der Waals surface area contributed by atoms with Crippen LogP contribution < -0.4 is 0 Å². The smallest absolute Gasteiger partial charge is 0.263 e. The average Bonchev–Trinajstić information content (AvgIpc) is 3.21. The number of nitrogens with zero attached hydrogens (tertiary/aromatic N) is 2. The fourth-order valence-corrected chi connectivity index (χ4v) is 4.98. The highest BCUT2D eigenvalue weighted by Crippen LogP contribution is 2.33. The molecule has 4 rings (SSSR count). The second-order valence-corrected chi connectivity index (χ2v) is 7.61. The molecule has 0 bridgehead atoms. The van der Waals surface area contributed by atoms with E-state index < -0.39 is 0 Å². The van der Waals surface area contributed by atoms with Gasteiger partial charge in [0.1, 0.15) is 0 Å². The number of carbonyl (C=O) groups is 1. The molecule has 2 aromatic rings. The zero-order chi connectivity index (χ0) is 15.1. The first-order chi connectivity index (χ1) is 10.7. The van der Waals surface area contributed by atoms with Gasteiger partial charge in [0, 0.05) is 29.6 Å². The highest BCUT2D eigenvalue weighted by molar-refractivity contribution is 7.14. The fourth-order valence-electron chi connectivity index (χ4n) is 3.76. The van der Waals surface area contributed by atoms with Crippen molar-refractivity contribution >= 4 is 17.2 Å². The van der Waals surface area contributed by atoms with Gasteiger partial charge in [-0.15, -0.1) is 11.3 Å². The summed E-state index contributed by atoms with van der Waals surface area (Å²) in [5, 5.41) is 7.25. The summed E-state index contributed by atoms with van der Waals surface area (Å²) in [7, 11) is 0. The second kappa shape index (κ2) is 5.54. The Bertz CT molecular complexity index is 681. The highest BCUT2D eigenvalue weighted by Gasteiger charge is 2.29. The number of hydrogen-bond acceptors (Lipinski definition) is 3. The van der Waals surface area contributed by atoms with Crippen molar-refractivity contribution < 1.29 is 4.79 Å². The molecule has 1 fully saturated rings. The molecule has 0 spiro atoms. The van der Waals surface area contributed by atoms with Crippen LogP contribution in [0.15, 0.2) is 12.3 Å². The van der Waals surface area contributed by atoms with Crippen molar-refractivity contribution in [1.82, 2.24) is 15.1 Å². The number of aromatic nitrogens is 2. The van der Waals surface area contributed by atoms with Crippen molar-refractivity contribution in [1.29, 1.82) is 0 Å². The van der Waals surface area contributed by atoms with Crippen LogP contribution in [0, 0.1) is 6.92 Å². The fraction of sp³-hybridized carbons (Fsp3) is 0.529. The molecular weight excluding hydrogens is 294 g/mol. The number of aryl methyl sites for hydroxylation is 3. The molecule has 5 heteroatoms. The molecular formula is C17H21N3OS. The molecule has 0 aromatic carbocycles. The van der Waals surface area contributed by atoms with Gasteiger partial charge in [0.2, 0.25) is 0 Å². The minimum Gasteiger partial charge on any atom is -0.337 e. The quantitative estimate of drug-likeness (QED) is 0.924. The van der Waals surface area contributed by atoms with Crippen LogP contribution in [0.4, 0.5) is 0 Å². The first-order valence-electron chi connectivity index (χ1n) is 8.13. The first kappa shape index (κ1) is 14.0. The molecule has 1 aliphatic heterocycles. The van der Waals surface area contributed by atoms with Gasteiger partial charge in [0.05, 0.1) is 11.1 Å². The maximum absolute atomic E-state index is 12.8. The van der Waals surface area contributed by atoms with Crippen molar-refractivity contribution in [3.05, 3.63) is 38.8 Å². The second-order valence-electron chi connectivity index (χ2n) is 6.47. The third-order valence-corrected chi connectivity index (χ3v) is 6.17. The minimum atomic E-state index is 0.223. The van der Waals surface area contributed by atoms with Crippen LogP contribution in [0.3, 0.4) is 0 Å². The van der Waals surface area contributed by atoms with Gasteiger partial charge in [0.15, 0.2) is 0 Å². The van der Waals surface area contributed by atoms with Gasteiger partial charge in [-0.2, -0.15) is 5.10 Å². The van der Waals surface area contributed by atoms with E-state index in [0.717, 1.165) is 43.6 Å². The molecule has 2 aromatic heterocycles. The molecule has 0 radical (unpaired) electrons. The molecule has 116 valence electrons.